The maximum Gasteiger partial charge on any atom is 0.256 e. The second-order valence-corrected chi connectivity index (χ2v) is 17.7. The zero-order chi connectivity index (χ0) is 42.2. The normalized spacial score (nSPS) is 26.4. The summed E-state index contributed by atoms with van der Waals surface area (Å²) in [6.07, 6.45) is 4.10. The molecule has 4 aromatic rings. The van der Waals surface area contributed by atoms with E-state index in [1.807, 2.05) is 24.3 Å². The van der Waals surface area contributed by atoms with Crippen molar-refractivity contribution in [1.29, 1.82) is 0 Å². The van der Waals surface area contributed by atoms with Crippen molar-refractivity contribution in [1.82, 2.24) is 20.4 Å². The van der Waals surface area contributed by atoms with Crippen LogP contribution in [0.1, 0.15) is 95.6 Å². The lowest BCUT2D eigenvalue weighted by atomic mass is 9.62. The van der Waals surface area contributed by atoms with Crippen molar-refractivity contribution < 1.29 is 41.8 Å². The summed E-state index contributed by atoms with van der Waals surface area (Å²) in [5.74, 6) is -5.51. The monoisotopic (exact) mass is 837 g/mol. The van der Waals surface area contributed by atoms with Crippen LogP contribution in [0.5, 0.6) is 11.5 Å². The minimum Gasteiger partial charge on any atom is -0.508 e. The first kappa shape index (κ1) is 39.7. The molecule has 0 bridgehead atoms. The van der Waals surface area contributed by atoms with Gasteiger partial charge in [0.05, 0.1) is 6.61 Å². The molecule has 3 N–H and O–H groups in total. The number of phenols is 1. The van der Waals surface area contributed by atoms with Gasteiger partial charge in [-0.25, -0.2) is 17.6 Å². The van der Waals surface area contributed by atoms with Crippen molar-refractivity contribution in [2.24, 2.45) is 11.3 Å². The number of carbonyl (C=O) groups is 3. The molecular weight excluding hydrogens is 791 g/mol. The van der Waals surface area contributed by atoms with E-state index in [4.69, 9.17) is 4.74 Å². The zero-order valence-electron chi connectivity index (χ0n) is 33.5. The van der Waals surface area contributed by atoms with Gasteiger partial charge in [0, 0.05) is 77.7 Å². The third-order valence-corrected chi connectivity index (χ3v) is 14.4. The second-order valence-electron chi connectivity index (χ2n) is 17.7. The van der Waals surface area contributed by atoms with Gasteiger partial charge in [-0.3, -0.25) is 24.6 Å². The standard InChI is InChI=1S/C47H47F4N5O5/c48-33-6-3-7-34(49)42(33)32-24-61-38-23-28(57)8-9-31(38)41(32)27-21-35(50)43(36(51)22-27)54-18-12-26(13-19-54)20-39-47(14-16-52-17-15-47)25-55(39)45-29-4-1-2-5-30(29)46(60)56(45)37-10-11-40(58)53-44(37)59/h1-9,21-23,26,32,37,39,41,45,52,57H,10-20,24-25H2,(H,53,58,59). The number of ether oxygens (including phenoxy) is 1. The number of anilines is 1. The van der Waals surface area contributed by atoms with Crippen LogP contribution < -0.4 is 20.3 Å². The number of halogens is 4. The molecule has 318 valence electrons. The number of phenolic OH excluding ortho intramolecular Hbond substituents is 1. The van der Waals surface area contributed by atoms with Gasteiger partial charge in [-0.15, -0.1) is 0 Å². The number of nitrogens with zero attached hydrogens (tertiary/aromatic N) is 3. The summed E-state index contributed by atoms with van der Waals surface area (Å²) in [6.45, 7) is 3.18. The van der Waals surface area contributed by atoms with Crippen molar-refractivity contribution in [2.75, 3.05) is 44.2 Å². The highest BCUT2D eigenvalue weighted by atomic mass is 19.1. The Balaban J connectivity index is 0.901. The Morgan fingerprint density at radius 2 is 1.54 bits per heavy atom. The van der Waals surface area contributed by atoms with Gasteiger partial charge in [-0.1, -0.05) is 30.3 Å². The van der Waals surface area contributed by atoms with E-state index in [9.17, 15) is 19.5 Å². The fourth-order valence-corrected chi connectivity index (χ4v) is 11.5. The van der Waals surface area contributed by atoms with E-state index in [0.717, 1.165) is 56.6 Å². The van der Waals surface area contributed by atoms with Crippen molar-refractivity contribution in [2.45, 2.75) is 75.0 Å². The molecule has 4 saturated heterocycles. The fraction of sp³-hybridized carbons (Fsp3) is 0.426. The van der Waals surface area contributed by atoms with Crippen molar-refractivity contribution in [3.63, 3.8) is 0 Å². The maximum atomic E-state index is 16.4. The molecule has 6 heterocycles. The molecule has 3 amide bonds. The first-order valence-corrected chi connectivity index (χ1v) is 21.4. The van der Waals surface area contributed by atoms with Gasteiger partial charge >= 0.3 is 0 Å². The SMILES string of the molecule is O=C1CCC(N2C(=O)c3ccccc3C2N2CC3(CCNCC3)C2CC2CCN(c3c(F)cc(C4c5ccc(O)cc5OCC4c4c(F)cccc4F)cc3F)CC2)C(=O)N1. The molecule has 14 heteroatoms. The number of aromatic hydroxyl groups is 1. The van der Waals surface area contributed by atoms with E-state index >= 15 is 17.6 Å². The van der Waals surface area contributed by atoms with Crippen molar-refractivity contribution >= 4 is 23.4 Å². The number of imide groups is 1. The molecule has 61 heavy (non-hydrogen) atoms. The lowest BCUT2D eigenvalue weighted by molar-refractivity contribution is -0.163. The highest BCUT2D eigenvalue weighted by molar-refractivity contribution is 6.05. The molecule has 0 aromatic heterocycles. The maximum absolute atomic E-state index is 16.4. The van der Waals surface area contributed by atoms with Crippen LogP contribution in [0, 0.1) is 34.6 Å². The highest BCUT2D eigenvalue weighted by Gasteiger charge is 2.59. The summed E-state index contributed by atoms with van der Waals surface area (Å²) in [4.78, 5) is 45.3. The third-order valence-electron chi connectivity index (χ3n) is 14.4. The van der Waals surface area contributed by atoms with Crippen LogP contribution in [-0.2, 0) is 9.59 Å². The number of hydrogen-bond acceptors (Lipinski definition) is 8. The summed E-state index contributed by atoms with van der Waals surface area (Å²) in [5.41, 5.74) is 1.72. The van der Waals surface area contributed by atoms with Gasteiger partial charge in [0.15, 0.2) is 0 Å². The summed E-state index contributed by atoms with van der Waals surface area (Å²) < 4.78 is 69.1. The van der Waals surface area contributed by atoms with E-state index in [1.54, 1.807) is 15.9 Å². The number of amides is 3. The quantitative estimate of drug-likeness (QED) is 0.137. The van der Waals surface area contributed by atoms with E-state index in [1.165, 1.54) is 30.3 Å². The van der Waals surface area contributed by atoms with Crippen molar-refractivity contribution in [3.8, 4) is 11.5 Å². The molecule has 10 nitrogen and oxygen atoms in total. The average Bonchev–Trinajstić information content (AvgIpc) is 3.53. The number of piperidine rings is 3. The fourth-order valence-electron chi connectivity index (χ4n) is 11.5. The highest BCUT2D eigenvalue weighted by Crippen LogP contribution is 2.55. The van der Waals surface area contributed by atoms with Crippen LogP contribution >= 0.6 is 0 Å². The van der Waals surface area contributed by atoms with Crippen LogP contribution in [0.15, 0.2) is 72.8 Å². The van der Waals surface area contributed by atoms with Gasteiger partial charge in [0.25, 0.3) is 5.91 Å². The molecule has 0 radical (unpaired) electrons. The Bertz CT molecular complexity index is 2380. The Morgan fingerprint density at radius 1 is 0.820 bits per heavy atom. The van der Waals surface area contributed by atoms with E-state index in [0.29, 0.717) is 37.1 Å². The molecule has 0 aliphatic carbocycles. The van der Waals surface area contributed by atoms with Crippen LogP contribution in [0.2, 0.25) is 0 Å². The van der Waals surface area contributed by atoms with Gasteiger partial charge < -0.3 is 25.0 Å². The first-order chi connectivity index (χ1) is 29.5. The minimum atomic E-state index is -0.945. The van der Waals surface area contributed by atoms with Gasteiger partial charge in [0.2, 0.25) is 11.8 Å². The molecule has 0 saturated carbocycles. The molecule has 4 fully saturated rings. The predicted octanol–water partition coefficient (Wildman–Crippen LogP) is 6.88. The number of nitrogens with one attached hydrogen (secondary N) is 2. The summed E-state index contributed by atoms with van der Waals surface area (Å²) in [7, 11) is 0. The first-order valence-electron chi connectivity index (χ1n) is 21.4. The minimum absolute atomic E-state index is 0.0123. The van der Waals surface area contributed by atoms with Crippen molar-refractivity contribution in [3.05, 3.63) is 124 Å². The number of hydrogen-bond donors (Lipinski definition) is 3. The van der Waals surface area contributed by atoms with Crippen LogP contribution in [0.25, 0.3) is 0 Å². The number of rotatable bonds is 7. The summed E-state index contributed by atoms with van der Waals surface area (Å²) >= 11 is 0. The third kappa shape index (κ3) is 6.73. The Kier molecular flexibility index (Phi) is 10.1. The second kappa shape index (κ2) is 15.5. The Morgan fingerprint density at radius 3 is 2.26 bits per heavy atom. The molecule has 5 atom stereocenters. The largest absolute Gasteiger partial charge is 0.508 e. The lowest BCUT2D eigenvalue weighted by Gasteiger charge is -2.63. The number of likely N-dealkylation sites (tertiary alicyclic amines) is 1. The predicted molar refractivity (Wildman–Crippen MR) is 217 cm³/mol. The topological polar surface area (TPSA) is 114 Å². The number of benzene rings is 4. The molecule has 5 unspecified atom stereocenters. The van der Waals surface area contributed by atoms with Gasteiger partial charge in [-0.05, 0) is 99.5 Å². The van der Waals surface area contributed by atoms with E-state index < -0.39 is 53.2 Å². The summed E-state index contributed by atoms with van der Waals surface area (Å²) in [5, 5.41) is 16.1. The van der Waals surface area contributed by atoms with Crippen LogP contribution in [0.3, 0.4) is 0 Å². The van der Waals surface area contributed by atoms with Gasteiger partial charge in [-0.2, -0.15) is 0 Å². The summed E-state index contributed by atoms with van der Waals surface area (Å²) in [6, 6.07) is 17.3. The molecule has 6 aliphatic rings. The van der Waals surface area contributed by atoms with Gasteiger partial charge in [0.1, 0.15) is 52.7 Å². The van der Waals surface area contributed by atoms with E-state index in [-0.39, 0.29) is 77.0 Å². The molecular formula is C47H47F4N5O5. The smallest absolute Gasteiger partial charge is 0.256 e. The zero-order valence-corrected chi connectivity index (χ0v) is 33.5. The molecule has 4 aromatic carbocycles. The lowest BCUT2D eigenvalue weighted by Crippen LogP contribution is -2.70. The Hall–Kier alpha value is -5.47. The molecule has 6 aliphatic heterocycles. The Labute approximate surface area is 350 Å². The van der Waals surface area contributed by atoms with Crippen LogP contribution in [-0.4, -0.2) is 84.0 Å². The number of carbonyl (C=O) groups excluding carboxylic acids is 3. The average molecular weight is 838 g/mol. The van der Waals surface area contributed by atoms with Crippen LogP contribution in [0.4, 0.5) is 23.2 Å². The number of fused-ring (bicyclic) bond motifs is 2. The molecule has 1 spiro atoms. The van der Waals surface area contributed by atoms with E-state index in [2.05, 4.69) is 15.5 Å². The molecule has 10 rings (SSSR count).